The molecule has 5 nitrogen and oxygen atoms in total. The Morgan fingerprint density at radius 1 is 0.885 bits per heavy atom. The molecule has 1 aliphatic heterocycles. The number of cyclic esters (lactones) is 2. The molecule has 2 aromatic carbocycles. The molecule has 0 atom stereocenters. The highest BCUT2D eigenvalue weighted by Crippen LogP contribution is 2.34. The molecule has 0 amide bonds. The fraction of sp³-hybridized carbons (Fsp3) is 0.143. The fourth-order valence-electron chi connectivity index (χ4n) is 3.11. The van der Waals surface area contributed by atoms with Gasteiger partial charge in [-0.15, -0.1) is 0 Å². The number of H-pyrrole nitrogens is 1. The number of aromatic nitrogens is 1. The van der Waals surface area contributed by atoms with Crippen molar-refractivity contribution < 1.29 is 19.1 Å². The first-order chi connectivity index (χ1) is 12.4. The van der Waals surface area contributed by atoms with Crippen molar-refractivity contribution >= 4 is 28.9 Å². The van der Waals surface area contributed by atoms with E-state index in [4.69, 9.17) is 9.47 Å². The van der Waals surface area contributed by atoms with Crippen molar-refractivity contribution in [1.29, 1.82) is 0 Å². The average Bonchev–Trinajstić information content (AvgIpc) is 2.96. The molecular weight excluding hydrogens is 330 g/mol. The van der Waals surface area contributed by atoms with Gasteiger partial charge in [-0.25, -0.2) is 9.59 Å². The number of esters is 2. The third kappa shape index (κ3) is 2.77. The number of benzene rings is 2. The van der Waals surface area contributed by atoms with E-state index >= 15 is 0 Å². The molecule has 0 saturated carbocycles. The van der Waals surface area contributed by atoms with Gasteiger partial charge in [0, 0.05) is 36.0 Å². The highest BCUT2D eigenvalue weighted by atomic mass is 16.7. The van der Waals surface area contributed by atoms with Gasteiger partial charge in [-0.3, -0.25) is 0 Å². The molecule has 130 valence electrons. The predicted molar refractivity (Wildman–Crippen MR) is 98.0 cm³/mol. The number of ether oxygens (including phenoxy) is 2. The number of carbonyl (C=O) groups excluding carboxylic acids is 2. The zero-order valence-corrected chi connectivity index (χ0v) is 14.4. The van der Waals surface area contributed by atoms with Crippen LogP contribution in [0.15, 0.2) is 60.2 Å². The lowest BCUT2D eigenvalue weighted by atomic mass is 10.0. The van der Waals surface area contributed by atoms with Crippen LogP contribution < -0.4 is 0 Å². The Bertz CT molecular complexity index is 1020. The van der Waals surface area contributed by atoms with Gasteiger partial charge in [0.25, 0.3) is 5.79 Å². The summed E-state index contributed by atoms with van der Waals surface area (Å²) in [5.41, 5.74) is 3.33. The van der Waals surface area contributed by atoms with Crippen LogP contribution >= 0.6 is 0 Å². The Morgan fingerprint density at radius 2 is 1.50 bits per heavy atom. The Balaban J connectivity index is 1.90. The summed E-state index contributed by atoms with van der Waals surface area (Å²) in [6, 6.07) is 17.6. The van der Waals surface area contributed by atoms with E-state index in [2.05, 4.69) is 4.98 Å². The van der Waals surface area contributed by atoms with Gasteiger partial charge >= 0.3 is 11.9 Å². The molecule has 3 aromatic rings. The first-order valence-electron chi connectivity index (χ1n) is 8.29. The highest BCUT2D eigenvalue weighted by Gasteiger charge is 2.39. The summed E-state index contributed by atoms with van der Waals surface area (Å²) < 4.78 is 10.4. The molecule has 1 aliphatic rings. The van der Waals surface area contributed by atoms with Crippen molar-refractivity contribution in [3.05, 3.63) is 65.9 Å². The molecule has 0 spiro atoms. The van der Waals surface area contributed by atoms with Crippen LogP contribution in [0.25, 0.3) is 28.1 Å². The summed E-state index contributed by atoms with van der Waals surface area (Å²) in [6.07, 6.45) is 1.50. The van der Waals surface area contributed by atoms with Crippen molar-refractivity contribution in [2.45, 2.75) is 19.6 Å². The molecule has 1 aromatic heterocycles. The van der Waals surface area contributed by atoms with Crippen LogP contribution in [-0.2, 0) is 19.1 Å². The quantitative estimate of drug-likeness (QED) is 0.431. The standard InChI is InChI=1S/C21H17NO4/c1-21(2)25-19(23)15(20(24)26-21)12-17-18(13-8-4-3-5-9-13)14-10-6-7-11-16(14)22-17/h3-12,22H,1-2H3. The van der Waals surface area contributed by atoms with Gasteiger partial charge in [-0.05, 0) is 17.7 Å². The average molecular weight is 347 g/mol. The van der Waals surface area contributed by atoms with Crippen LogP contribution in [0.1, 0.15) is 19.5 Å². The van der Waals surface area contributed by atoms with Crippen LogP contribution in [0.5, 0.6) is 0 Å². The number of hydrogen-bond acceptors (Lipinski definition) is 4. The lowest BCUT2D eigenvalue weighted by Crippen LogP contribution is -2.41. The summed E-state index contributed by atoms with van der Waals surface area (Å²) in [7, 11) is 0. The fourth-order valence-corrected chi connectivity index (χ4v) is 3.11. The number of nitrogens with one attached hydrogen (secondary N) is 1. The zero-order chi connectivity index (χ0) is 18.3. The SMILES string of the molecule is CC1(C)OC(=O)C(=Cc2[nH]c3ccccc3c2-c2ccccc2)C(=O)O1. The largest absolute Gasteiger partial charge is 0.419 e. The minimum absolute atomic E-state index is 0.131. The number of rotatable bonds is 2. The minimum atomic E-state index is -1.26. The van der Waals surface area contributed by atoms with Crippen molar-refractivity contribution in [2.75, 3.05) is 0 Å². The van der Waals surface area contributed by atoms with Crippen molar-refractivity contribution in [1.82, 2.24) is 4.98 Å². The third-order valence-electron chi connectivity index (χ3n) is 4.20. The van der Waals surface area contributed by atoms with E-state index in [1.54, 1.807) is 0 Å². The number of fused-ring (bicyclic) bond motifs is 1. The first kappa shape index (κ1) is 16.1. The second kappa shape index (κ2) is 5.88. The Labute approximate surface area is 150 Å². The van der Waals surface area contributed by atoms with E-state index < -0.39 is 17.7 Å². The summed E-state index contributed by atoms with van der Waals surface area (Å²) in [5.74, 6) is -2.64. The van der Waals surface area contributed by atoms with Gasteiger partial charge in [-0.2, -0.15) is 0 Å². The summed E-state index contributed by atoms with van der Waals surface area (Å²) >= 11 is 0. The van der Waals surface area contributed by atoms with Crippen LogP contribution in [-0.4, -0.2) is 22.7 Å². The summed E-state index contributed by atoms with van der Waals surface area (Å²) in [6.45, 7) is 3.05. The molecule has 1 N–H and O–H groups in total. The molecule has 5 heteroatoms. The molecule has 1 saturated heterocycles. The van der Waals surface area contributed by atoms with Gasteiger partial charge in [-0.1, -0.05) is 48.5 Å². The maximum atomic E-state index is 12.3. The van der Waals surface area contributed by atoms with Crippen molar-refractivity contribution in [2.24, 2.45) is 0 Å². The minimum Gasteiger partial charge on any atom is -0.419 e. The molecule has 26 heavy (non-hydrogen) atoms. The van der Waals surface area contributed by atoms with E-state index in [1.165, 1.54) is 19.9 Å². The van der Waals surface area contributed by atoms with E-state index in [9.17, 15) is 9.59 Å². The van der Waals surface area contributed by atoms with E-state index in [-0.39, 0.29) is 5.57 Å². The second-order valence-corrected chi connectivity index (χ2v) is 6.56. The molecule has 0 unspecified atom stereocenters. The maximum absolute atomic E-state index is 12.3. The number of para-hydroxylation sites is 1. The molecule has 0 aliphatic carbocycles. The molecule has 1 fully saturated rings. The Hall–Kier alpha value is -3.34. The molecular formula is C21H17NO4. The van der Waals surface area contributed by atoms with Gasteiger partial charge in [0.2, 0.25) is 0 Å². The first-order valence-corrected chi connectivity index (χ1v) is 8.29. The van der Waals surface area contributed by atoms with Crippen LogP contribution in [0.4, 0.5) is 0 Å². The monoisotopic (exact) mass is 347 g/mol. The van der Waals surface area contributed by atoms with Crippen LogP contribution in [0.3, 0.4) is 0 Å². The van der Waals surface area contributed by atoms with E-state index in [1.807, 2.05) is 54.6 Å². The van der Waals surface area contributed by atoms with Crippen molar-refractivity contribution in [3.63, 3.8) is 0 Å². The Kier molecular flexibility index (Phi) is 3.65. The van der Waals surface area contributed by atoms with Gasteiger partial charge < -0.3 is 14.5 Å². The van der Waals surface area contributed by atoms with Gasteiger partial charge in [0.1, 0.15) is 5.57 Å². The normalized spacial score (nSPS) is 16.3. The van der Waals surface area contributed by atoms with Gasteiger partial charge in [0.05, 0.1) is 0 Å². The predicted octanol–water partition coefficient (Wildman–Crippen LogP) is 4.05. The Morgan fingerprint density at radius 3 is 2.19 bits per heavy atom. The van der Waals surface area contributed by atoms with E-state index in [0.29, 0.717) is 5.69 Å². The van der Waals surface area contributed by atoms with Gasteiger partial charge in [0.15, 0.2) is 0 Å². The number of aromatic amines is 1. The third-order valence-corrected chi connectivity index (χ3v) is 4.20. The highest BCUT2D eigenvalue weighted by molar-refractivity contribution is 6.19. The molecule has 0 bridgehead atoms. The lowest BCUT2D eigenvalue weighted by Gasteiger charge is -2.29. The van der Waals surface area contributed by atoms with Crippen LogP contribution in [0.2, 0.25) is 0 Å². The molecule has 2 heterocycles. The summed E-state index contributed by atoms with van der Waals surface area (Å²) in [5, 5.41) is 1.00. The maximum Gasteiger partial charge on any atom is 0.348 e. The number of hydrogen-bond donors (Lipinski definition) is 1. The number of carbonyl (C=O) groups is 2. The van der Waals surface area contributed by atoms with Crippen molar-refractivity contribution in [3.8, 4) is 11.1 Å². The molecule has 0 radical (unpaired) electrons. The smallest absolute Gasteiger partial charge is 0.348 e. The van der Waals surface area contributed by atoms with Crippen LogP contribution in [0, 0.1) is 0 Å². The van der Waals surface area contributed by atoms with E-state index in [0.717, 1.165) is 22.0 Å². The second-order valence-electron chi connectivity index (χ2n) is 6.56. The zero-order valence-electron chi connectivity index (χ0n) is 14.4. The molecule has 4 rings (SSSR count). The lowest BCUT2D eigenvalue weighted by molar-refractivity contribution is -0.222. The topological polar surface area (TPSA) is 68.4 Å². The summed E-state index contributed by atoms with van der Waals surface area (Å²) in [4.78, 5) is 27.8.